The molecule has 4 aromatic rings. The van der Waals surface area contributed by atoms with E-state index in [9.17, 15) is 0 Å². The van der Waals surface area contributed by atoms with Crippen LogP contribution in [0.15, 0.2) is 60.7 Å². The minimum atomic E-state index is 0.283. The van der Waals surface area contributed by atoms with Crippen LogP contribution in [0.4, 0.5) is 0 Å². The van der Waals surface area contributed by atoms with E-state index in [-0.39, 0.29) is 5.41 Å². The van der Waals surface area contributed by atoms with E-state index in [2.05, 4.69) is 121 Å². The van der Waals surface area contributed by atoms with Crippen molar-refractivity contribution >= 4 is 10.8 Å². The molecule has 0 aliphatic carbocycles. The van der Waals surface area contributed by atoms with Gasteiger partial charge in [-0.25, -0.2) is 0 Å². The molecular weight excluding hydrogens is 386 g/mol. The summed E-state index contributed by atoms with van der Waals surface area (Å²) in [5.41, 5.74) is 12.2. The lowest BCUT2D eigenvalue weighted by Crippen LogP contribution is -2.35. The number of aromatic nitrogens is 1. The highest BCUT2D eigenvalue weighted by atomic mass is 14.9. The predicted octanol–water partition coefficient (Wildman–Crippen LogP) is 7.82. The minimum absolute atomic E-state index is 0.283. The first-order valence-corrected chi connectivity index (χ1v) is 11.6. The van der Waals surface area contributed by atoms with E-state index in [1.54, 1.807) is 0 Å². The SMILES string of the molecule is Cc1cc(-c2c(C)cccc2C)ccc1-c1c2ccc(CC(C)(C)C)cc2cc(C)[n+]1C. The van der Waals surface area contributed by atoms with E-state index in [0.717, 1.165) is 6.42 Å². The number of benzene rings is 3. The Labute approximate surface area is 193 Å². The fraction of sp³-hybridized carbons (Fsp3) is 0.323. The quantitative estimate of drug-likeness (QED) is 0.296. The highest BCUT2D eigenvalue weighted by molar-refractivity contribution is 5.94. The van der Waals surface area contributed by atoms with Crippen molar-refractivity contribution in [1.29, 1.82) is 0 Å². The molecule has 164 valence electrons. The summed E-state index contributed by atoms with van der Waals surface area (Å²) in [6.07, 6.45) is 1.09. The zero-order valence-electron chi connectivity index (χ0n) is 20.9. The van der Waals surface area contributed by atoms with Gasteiger partial charge in [0.1, 0.15) is 7.05 Å². The topological polar surface area (TPSA) is 3.88 Å². The lowest BCUT2D eigenvalue weighted by Gasteiger charge is -2.19. The zero-order chi connectivity index (χ0) is 23.2. The average molecular weight is 423 g/mol. The van der Waals surface area contributed by atoms with E-state index in [4.69, 9.17) is 0 Å². The summed E-state index contributed by atoms with van der Waals surface area (Å²) >= 11 is 0. The van der Waals surface area contributed by atoms with Gasteiger partial charge in [0.25, 0.3) is 0 Å². The number of fused-ring (bicyclic) bond motifs is 1. The fourth-order valence-electron chi connectivity index (χ4n) is 5.03. The Hall–Kier alpha value is -2.93. The van der Waals surface area contributed by atoms with Crippen molar-refractivity contribution in [1.82, 2.24) is 0 Å². The molecule has 0 atom stereocenters. The van der Waals surface area contributed by atoms with Crippen LogP contribution in [0.3, 0.4) is 0 Å². The third kappa shape index (κ3) is 4.21. The van der Waals surface area contributed by atoms with Crippen LogP contribution in [-0.4, -0.2) is 0 Å². The van der Waals surface area contributed by atoms with Crippen molar-refractivity contribution < 1.29 is 4.57 Å². The highest BCUT2D eigenvalue weighted by Gasteiger charge is 2.21. The molecule has 3 aromatic carbocycles. The van der Waals surface area contributed by atoms with Crippen LogP contribution < -0.4 is 4.57 Å². The maximum atomic E-state index is 2.39. The second kappa shape index (κ2) is 8.20. The molecule has 0 radical (unpaired) electrons. The summed E-state index contributed by atoms with van der Waals surface area (Å²) in [5.74, 6) is 0. The fourth-order valence-corrected chi connectivity index (χ4v) is 5.03. The lowest BCUT2D eigenvalue weighted by atomic mass is 9.87. The summed E-state index contributed by atoms with van der Waals surface area (Å²) in [5, 5.41) is 2.65. The third-order valence-electron chi connectivity index (χ3n) is 6.59. The number of hydrogen-bond acceptors (Lipinski definition) is 0. The van der Waals surface area contributed by atoms with Crippen LogP contribution in [-0.2, 0) is 13.5 Å². The molecule has 0 unspecified atom stereocenters. The lowest BCUT2D eigenvalue weighted by molar-refractivity contribution is -0.665. The normalized spacial score (nSPS) is 11.9. The van der Waals surface area contributed by atoms with Gasteiger partial charge in [0.2, 0.25) is 5.69 Å². The molecule has 0 bridgehead atoms. The Balaban J connectivity index is 1.88. The van der Waals surface area contributed by atoms with Crippen LogP contribution in [0.5, 0.6) is 0 Å². The van der Waals surface area contributed by atoms with E-state index >= 15 is 0 Å². The van der Waals surface area contributed by atoms with Crippen LogP contribution in [0.2, 0.25) is 0 Å². The summed E-state index contributed by atoms with van der Waals surface area (Å²) in [6, 6.07) is 22.9. The van der Waals surface area contributed by atoms with E-state index in [0.29, 0.717) is 0 Å². The van der Waals surface area contributed by atoms with Gasteiger partial charge in [0.15, 0.2) is 5.69 Å². The first kappa shape index (κ1) is 22.3. The second-order valence-corrected chi connectivity index (χ2v) is 10.6. The predicted molar refractivity (Wildman–Crippen MR) is 138 cm³/mol. The molecule has 0 aliphatic heterocycles. The smallest absolute Gasteiger partial charge is 0.198 e. The molecule has 1 heterocycles. The largest absolute Gasteiger partial charge is 0.220 e. The molecule has 0 fully saturated rings. The average Bonchev–Trinajstić information content (AvgIpc) is 2.69. The Morgan fingerprint density at radius 2 is 1.44 bits per heavy atom. The van der Waals surface area contributed by atoms with Crippen molar-refractivity contribution in [3.05, 3.63) is 88.6 Å². The summed E-state index contributed by atoms with van der Waals surface area (Å²) < 4.78 is 2.34. The van der Waals surface area contributed by atoms with Crippen molar-refractivity contribution in [2.24, 2.45) is 12.5 Å². The van der Waals surface area contributed by atoms with Crippen LogP contribution in [0.25, 0.3) is 33.2 Å². The van der Waals surface area contributed by atoms with E-state index in [1.807, 2.05) is 0 Å². The van der Waals surface area contributed by atoms with Crippen LogP contribution in [0.1, 0.15) is 48.7 Å². The second-order valence-electron chi connectivity index (χ2n) is 10.6. The molecule has 0 amide bonds. The molecule has 0 aliphatic rings. The van der Waals surface area contributed by atoms with Gasteiger partial charge in [-0.05, 0) is 83.5 Å². The molecular formula is C31H36N+. The molecule has 32 heavy (non-hydrogen) atoms. The summed E-state index contributed by atoms with van der Waals surface area (Å²) in [4.78, 5) is 0. The molecule has 1 heteroatoms. The highest BCUT2D eigenvalue weighted by Crippen LogP contribution is 2.34. The zero-order valence-corrected chi connectivity index (χ0v) is 20.9. The number of pyridine rings is 1. The van der Waals surface area contributed by atoms with Crippen molar-refractivity contribution in [3.8, 4) is 22.4 Å². The first-order chi connectivity index (χ1) is 15.0. The number of nitrogens with zero attached hydrogens (tertiary/aromatic N) is 1. The summed E-state index contributed by atoms with van der Waals surface area (Å²) in [6.45, 7) is 15.8. The molecule has 0 saturated heterocycles. The van der Waals surface area contributed by atoms with Crippen molar-refractivity contribution in [3.63, 3.8) is 0 Å². The number of rotatable bonds is 3. The molecule has 4 rings (SSSR count). The number of aryl methyl sites for hydroxylation is 4. The maximum absolute atomic E-state index is 2.39. The molecule has 0 saturated carbocycles. The standard InChI is InChI=1S/C31H36N/c1-20-10-9-11-21(2)29(20)25-13-15-27(22(3)16-25)30-28-14-12-24(19-31(5,6)7)18-26(28)17-23(4)32(30)8/h9-18H,19H2,1-8H3/q+1. The Kier molecular flexibility index (Phi) is 5.71. The van der Waals surface area contributed by atoms with Gasteiger partial charge in [0.05, 0.1) is 5.39 Å². The monoisotopic (exact) mass is 422 g/mol. The first-order valence-electron chi connectivity index (χ1n) is 11.6. The van der Waals surface area contributed by atoms with E-state index in [1.165, 1.54) is 61.1 Å². The van der Waals surface area contributed by atoms with Crippen LogP contribution in [0, 0.1) is 33.1 Å². The van der Waals surface area contributed by atoms with Crippen molar-refractivity contribution in [2.45, 2.75) is 54.9 Å². The third-order valence-corrected chi connectivity index (χ3v) is 6.59. The van der Waals surface area contributed by atoms with Gasteiger partial charge >= 0.3 is 0 Å². The van der Waals surface area contributed by atoms with Gasteiger partial charge in [-0.1, -0.05) is 63.2 Å². The molecule has 1 aromatic heterocycles. The Morgan fingerprint density at radius 3 is 2.06 bits per heavy atom. The van der Waals surface area contributed by atoms with Crippen LogP contribution >= 0.6 is 0 Å². The Morgan fingerprint density at radius 1 is 0.750 bits per heavy atom. The van der Waals surface area contributed by atoms with Gasteiger partial charge in [-0.2, -0.15) is 4.57 Å². The van der Waals surface area contributed by atoms with Gasteiger partial charge < -0.3 is 0 Å². The molecule has 1 nitrogen and oxygen atoms in total. The van der Waals surface area contributed by atoms with Gasteiger partial charge in [-0.3, -0.25) is 0 Å². The van der Waals surface area contributed by atoms with Crippen molar-refractivity contribution in [2.75, 3.05) is 0 Å². The Bertz CT molecular complexity index is 1300. The maximum Gasteiger partial charge on any atom is 0.220 e. The minimum Gasteiger partial charge on any atom is -0.198 e. The van der Waals surface area contributed by atoms with Gasteiger partial charge in [0, 0.05) is 18.6 Å². The summed E-state index contributed by atoms with van der Waals surface area (Å²) in [7, 11) is 2.19. The molecule has 0 N–H and O–H groups in total. The molecule has 0 spiro atoms. The van der Waals surface area contributed by atoms with E-state index < -0.39 is 0 Å². The number of hydrogen-bond donors (Lipinski definition) is 0. The van der Waals surface area contributed by atoms with Gasteiger partial charge in [-0.15, -0.1) is 0 Å².